The van der Waals surface area contributed by atoms with E-state index in [1.165, 1.54) is 24.3 Å². The molecule has 3 N–H and O–H groups in total. The van der Waals surface area contributed by atoms with Crippen LogP contribution >= 0.6 is 23.1 Å². The molecule has 0 saturated carbocycles. The van der Waals surface area contributed by atoms with E-state index >= 15 is 0 Å². The first-order chi connectivity index (χ1) is 15.2. The van der Waals surface area contributed by atoms with Gasteiger partial charge in [0.1, 0.15) is 5.75 Å². The van der Waals surface area contributed by atoms with Gasteiger partial charge in [-0.05, 0) is 43.3 Å². The van der Waals surface area contributed by atoms with Crippen molar-refractivity contribution in [3.63, 3.8) is 0 Å². The van der Waals surface area contributed by atoms with E-state index in [2.05, 4.69) is 31.1 Å². The Labute approximate surface area is 188 Å². The highest BCUT2D eigenvalue weighted by molar-refractivity contribution is 8.01. The van der Waals surface area contributed by atoms with Gasteiger partial charge in [0, 0.05) is 11.3 Å². The van der Waals surface area contributed by atoms with Crippen LogP contribution in [0.3, 0.4) is 0 Å². The average molecular weight is 483 g/mol. The molecule has 0 aliphatic carbocycles. The molecule has 0 radical (unpaired) electrons. The highest BCUT2D eigenvalue weighted by Crippen LogP contribution is 2.29. The lowest BCUT2D eigenvalue weighted by Crippen LogP contribution is -2.42. The summed E-state index contributed by atoms with van der Waals surface area (Å²) < 4.78 is 40.9. The minimum absolute atomic E-state index is 0.00765. The number of carbonyl (C=O) groups is 2. The summed E-state index contributed by atoms with van der Waals surface area (Å²) >= 11 is 2.27. The summed E-state index contributed by atoms with van der Waals surface area (Å²) in [7, 11) is 0. The third-order valence-corrected chi connectivity index (χ3v) is 5.67. The monoisotopic (exact) mass is 483 g/mol. The van der Waals surface area contributed by atoms with Gasteiger partial charge in [-0.1, -0.05) is 40.8 Å². The quantitative estimate of drug-likeness (QED) is 0.344. The van der Waals surface area contributed by atoms with Gasteiger partial charge in [0.2, 0.25) is 11.0 Å². The molecule has 0 bridgehead atoms. The predicted octanol–water partition coefficient (Wildman–Crippen LogP) is 4.04. The largest absolute Gasteiger partial charge is 0.573 e. The summed E-state index contributed by atoms with van der Waals surface area (Å²) in [6, 6.07) is 12.0. The van der Waals surface area contributed by atoms with Gasteiger partial charge in [0.05, 0.1) is 5.75 Å². The van der Waals surface area contributed by atoms with Crippen LogP contribution in [0.5, 0.6) is 5.75 Å². The number of aryl methyl sites for hydroxylation is 1. The van der Waals surface area contributed by atoms with Crippen molar-refractivity contribution in [2.45, 2.75) is 17.6 Å². The molecule has 168 valence electrons. The maximum Gasteiger partial charge on any atom is 0.573 e. The molecule has 0 atom stereocenters. The maximum atomic E-state index is 12.2. The second-order valence-electron chi connectivity index (χ2n) is 6.23. The molecule has 1 heterocycles. The van der Waals surface area contributed by atoms with Gasteiger partial charge in [-0.3, -0.25) is 20.4 Å². The smallest absolute Gasteiger partial charge is 0.406 e. The molecule has 0 spiro atoms. The number of alkyl halides is 3. The molecular weight excluding hydrogens is 467 g/mol. The number of anilines is 2. The molecule has 0 fully saturated rings. The molecule has 0 aliphatic rings. The zero-order chi connectivity index (χ0) is 23.1. The van der Waals surface area contributed by atoms with Crippen LogP contribution in [0.1, 0.15) is 15.9 Å². The molecular formula is C19H16F3N5O3S2. The van der Waals surface area contributed by atoms with Crippen LogP contribution < -0.4 is 20.9 Å². The maximum absolute atomic E-state index is 12.2. The standard InChI is InChI=1S/C19H16F3N5O3S2/c1-11-2-4-12(5-3-11)16(29)25-24-15(28)10-31-18-27-26-17(32-18)23-13-6-8-14(9-7-13)30-19(20,21)22/h2-9H,10H2,1H3,(H,23,26)(H,24,28)(H,25,29). The van der Waals surface area contributed by atoms with Gasteiger partial charge in [-0.25, -0.2) is 0 Å². The Hall–Kier alpha value is -3.32. The Kier molecular flexibility index (Phi) is 7.53. The molecule has 3 rings (SSSR count). The number of rotatable bonds is 7. The van der Waals surface area contributed by atoms with Crippen molar-refractivity contribution in [2.24, 2.45) is 0 Å². The fourth-order valence-corrected chi connectivity index (χ4v) is 3.82. The van der Waals surface area contributed by atoms with Crippen LogP contribution in [0.4, 0.5) is 24.0 Å². The van der Waals surface area contributed by atoms with Gasteiger partial charge in [0.25, 0.3) is 5.91 Å². The number of carbonyl (C=O) groups excluding carboxylic acids is 2. The summed E-state index contributed by atoms with van der Waals surface area (Å²) in [5.41, 5.74) is 6.58. The molecule has 2 amide bonds. The third kappa shape index (κ3) is 7.42. The van der Waals surface area contributed by atoms with Crippen molar-refractivity contribution in [3.05, 3.63) is 59.7 Å². The molecule has 0 saturated heterocycles. The minimum Gasteiger partial charge on any atom is -0.406 e. The van der Waals surface area contributed by atoms with E-state index in [0.717, 1.165) is 28.7 Å². The van der Waals surface area contributed by atoms with Crippen LogP contribution in [0.25, 0.3) is 0 Å². The summed E-state index contributed by atoms with van der Waals surface area (Å²) in [6.45, 7) is 1.90. The second kappa shape index (κ2) is 10.3. The molecule has 3 aromatic rings. The number of hydrazine groups is 1. The summed E-state index contributed by atoms with van der Waals surface area (Å²) in [5.74, 6) is -1.21. The van der Waals surface area contributed by atoms with Crippen molar-refractivity contribution in [3.8, 4) is 5.75 Å². The Balaban J connectivity index is 1.43. The van der Waals surface area contributed by atoms with E-state index in [4.69, 9.17) is 0 Å². The summed E-state index contributed by atoms with van der Waals surface area (Å²) in [6.07, 6.45) is -4.75. The lowest BCUT2D eigenvalue weighted by Gasteiger charge is -2.09. The minimum atomic E-state index is -4.75. The van der Waals surface area contributed by atoms with Crippen molar-refractivity contribution in [1.82, 2.24) is 21.0 Å². The van der Waals surface area contributed by atoms with Crippen LogP contribution in [-0.2, 0) is 4.79 Å². The molecule has 13 heteroatoms. The van der Waals surface area contributed by atoms with E-state index in [9.17, 15) is 22.8 Å². The number of nitrogens with zero attached hydrogens (tertiary/aromatic N) is 2. The molecule has 0 aliphatic heterocycles. The third-order valence-electron chi connectivity index (χ3n) is 3.70. The average Bonchev–Trinajstić information content (AvgIpc) is 3.18. The zero-order valence-corrected chi connectivity index (χ0v) is 18.0. The number of benzene rings is 2. The number of ether oxygens (including phenoxy) is 1. The van der Waals surface area contributed by atoms with Gasteiger partial charge in [0.15, 0.2) is 4.34 Å². The number of halogens is 3. The highest BCUT2D eigenvalue weighted by Gasteiger charge is 2.30. The Bertz CT molecular complexity index is 1070. The van der Waals surface area contributed by atoms with Crippen molar-refractivity contribution < 1.29 is 27.5 Å². The molecule has 32 heavy (non-hydrogen) atoms. The number of hydrogen-bond acceptors (Lipinski definition) is 8. The lowest BCUT2D eigenvalue weighted by molar-refractivity contribution is -0.274. The topological polar surface area (TPSA) is 105 Å². The first-order valence-corrected chi connectivity index (χ1v) is 10.7. The Morgan fingerprint density at radius 1 is 1.03 bits per heavy atom. The lowest BCUT2D eigenvalue weighted by atomic mass is 10.1. The van der Waals surface area contributed by atoms with E-state index in [-0.39, 0.29) is 11.5 Å². The van der Waals surface area contributed by atoms with E-state index in [1.807, 2.05) is 6.92 Å². The van der Waals surface area contributed by atoms with Crippen molar-refractivity contribution >= 4 is 45.7 Å². The normalized spacial score (nSPS) is 11.0. The van der Waals surface area contributed by atoms with Gasteiger partial charge < -0.3 is 10.1 Å². The van der Waals surface area contributed by atoms with Crippen LogP contribution in [0.2, 0.25) is 0 Å². The summed E-state index contributed by atoms with van der Waals surface area (Å²) in [4.78, 5) is 23.9. The summed E-state index contributed by atoms with van der Waals surface area (Å²) in [5, 5.41) is 11.1. The van der Waals surface area contributed by atoms with Crippen molar-refractivity contribution in [1.29, 1.82) is 0 Å². The molecule has 2 aromatic carbocycles. The first-order valence-electron chi connectivity index (χ1n) is 8.93. The predicted molar refractivity (Wildman–Crippen MR) is 114 cm³/mol. The SMILES string of the molecule is Cc1ccc(C(=O)NNC(=O)CSc2nnc(Nc3ccc(OC(F)(F)F)cc3)s2)cc1. The number of aromatic nitrogens is 2. The highest BCUT2D eigenvalue weighted by atomic mass is 32.2. The van der Waals surface area contributed by atoms with E-state index in [1.54, 1.807) is 24.3 Å². The Morgan fingerprint density at radius 3 is 2.38 bits per heavy atom. The molecule has 0 unspecified atom stereocenters. The number of hydrogen-bond donors (Lipinski definition) is 3. The van der Waals surface area contributed by atoms with E-state index < -0.39 is 18.2 Å². The fourth-order valence-electron chi connectivity index (χ4n) is 2.25. The van der Waals surface area contributed by atoms with Crippen molar-refractivity contribution in [2.75, 3.05) is 11.1 Å². The van der Waals surface area contributed by atoms with Gasteiger partial charge in [-0.2, -0.15) is 0 Å². The zero-order valence-electron chi connectivity index (χ0n) is 16.4. The van der Waals surface area contributed by atoms with Crippen LogP contribution in [0, 0.1) is 6.92 Å². The Morgan fingerprint density at radius 2 is 1.72 bits per heavy atom. The number of thioether (sulfide) groups is 1. The van der Waals surface area contributed by atoms with Crippen LogP contribution in [-0.4, -0.2) is 34.1 Å². The first kappa shape index (κ1) is 23.3. The van der Waals surface area contributed by atoms with E-state index in [0.29, 0.717) is 20.7 Å². The molecule has 1 aromatic heterocycles. The van der Waals surface area contributed by atoms with Crippen LogP contribution in [0.15, 0.2) is 52.9 Å². The van der Waals surface area contributed by atoms with Gasteiger partial charge >= 0.3 is 6.36 Å². The number of amides is 2. The van der Waals surface area contributed by atoms with Gasteiger partial charge in [-0.15, -0.1) is 23.4 Å². The molecule has 8 nitrogen and oxygen atoms in total. The second-order valence-corrected chi connectivity index (χ2v) is 8.43. The fraction of sp³-hybridized carbons (Fsp3) is 0.158. The number of nitrogens with one attached hydrogen (secondary N) is 3.